The number of methoxy groups -OCH3 is 1. The van der Waals surface area contributed by atoms with E-state index in [1.54, 1.807) is 0 Å². The summed E-state index contributed by atoms with van der Waals surface area (Å²) in [6.45, 7) is -1.29. The number of nitrogens with zero attached hydrogens (tertiary/aromatic N) is 1. The van der Waals surface area contributed by atoms with Gasteiger partial charge in [0.25, 0.3) is 5.88 Å². The third-order valence-electron chi connectivity index (χ3n) is 1.76. The van der Waals surface area contributed by atoms with Crippen LogP contribution in [0.3, 0.4) is 0 Å². The molecule has 1 aromatic heterocycles. The maximum atomic E-state index is 13.1. The lowest BCUT2D eigenvalue weighted by atomic mass is 10.2. The number of halogens is 5. The molecule has 18 heavy (non-hydrogen) atoms. The number of rotatable bonds is 3. The molecule has 0 radical (unpaired) electrons. The minimum absolute atomic E-state index is 0.389. The van der Waals surface area contributed by atoms with Gasteiger partial charge in [-0.15, -0.1) is 13.2 Å². The van der Waals surface area contributed by atoms with E-state index in [1.807, 2.05) is 0 Å². The highest BCUT2D eigenvalue weighted by Gasteiger charge is 2.34. The van der Waals surface area contributed by atoms with Gasteiger partial charge in [-0.25, -0.2) is 18.6 Å². The third kappa shape index (κ3) is 3.28. The van der Waals surface area contributed by atoms with Gasteiger partial charge in [-0.05, 0) is 6.07 Å². The first-order chi connectivity index (χ1) is 8.28. The van der Waals surface area contributed by atoms with Crippen molar-refractivity contribution in [2.75, 3.05) is 7.11 Å². The summed E-state index contributed by atoms with van der Waals surface area (Å²) in [6, 6.07) is 0.389. The second-order valence-electron chi connectivity index (χ2n) is 2.96. The molecule has 0 atom stereocenters. The van der Waals surface area contributed by atoms with Crippen LogP contribution >= 0.6 is 0 Å². The van der Waals surface area contributed by atoms with Crippen LogP contribution in [-0.2, 0) is 11.4 Å². The molecule has 0 fully saturated rings. The van der Waals surface area contributed by atoms with Gasteiger partial charge in [0.05, 0.1) is 7.11 Å². The fraction of sp³-hybridized carbons (Fsp3) is 0.333. The Labute approximate surface area is 97.3 Å². The molecule has 0 aromatic carbocycles. The van der Waals surface area contributed by atoms with Gasteiger partial charge < -0.3 is 9.47 Å². The number of hydrogen-bond donors (Lipinski definition) is 0. The molecule has 0 bridgehead atoms. The molecule has 100 valence electrons. The Morgan fingerprint density at radius 2 is 2.06 bits per heavy atom. The zero-order chi connectivity index (χ0) is 13.9. The van der Waals surface area contributed by atoms with Gasteiger partial charge in [0, 0.05) is 5.56 Å². The van der Waals surface area contributed by atoms with Gasteiger partial charge in [-0.1, -0.05) is 0 Å². The highest BCUT2D eigenvalue weighted by Crippen LogP contribution is 2.26. The molecule has 0 N–H and O–H groups in total. The minimum Gasteiger partial charge on any atom is -0.464 e. The quantitative estimate of drug-likeness (QED) is 0.625. The number of ether oxygens (including phenoxy) is 2. The van der Waals surface area contributed by atoms with Gasteiger partial charge in [0.2, 0.25) is 0 Å². The van der Waals surface area contributed by atoms with Crippen molar-refractivity contribution in [2.45, 2.75) is 13.0 Å². The monoisotopic (exact) mass is 271 g/mol. The van der Waals surface area contributed by atoms with Crippen molar-refractivity contribution in [3.63, 3.8) is 0 Å². The summed E-state index contributed by atoms with van der Waals surface area (Å²) in [4.78, 5) is 14.1. The highest BCUT2D eigenvalue weighted by molar-refractivity contribution is 5.88. The summed E-state index contributed by atoms with van der Waals surface area (Å²) < 4.78 is 68.7. The molecule has 9 heteroatoms. The predicted molar refractivity (Wildman–Crippen MR) is 47.0 cm³/mol. The Kier molecular flexibility index (Phi) is 4.04. The minimum atomic E-state index is -5.18. The first kappa shape index (κ1) is 14.1. The molecule has 0 spiro atoms. The van der Waals surface area contributed by atoms with E-state index in [1.165, 1.54) is 0 Å². The first-order valence-electron chi connectivity index (χ1n) is 4.38. The summed E-state index contributed by atoms with van der Waals surface area (Å²) >= 11 is 0. The van der Waals surface area contributed by atoms with Crippen LogP contribution in [0.2, 0.25) is 0 Å². The van der Waals surface area contributed by atoms with E-state index in [2.05, 4.69) is 14.5 Å². The van der Waals surface area contributed by atoms with Crippen molar-refractivity contribution < 1.29 is 36.2 Å². The van der Waals surface area contributed by atoms with E-state index in [0.717, 1.165) is 7.11 Å². The summed E-state index contributed by atoms with van der Waals surface area (Å²) in [5.74, 6) is -4.21. The summed E-state index contributed by atoms with van der Waals surface area (Å²) in [7, 11) is 0.916. The van der Waals surface area contributed by atoms with Crippen molar-refractivity contribution in [3.8, 4) is 5.88 Å². The lowest BCUT2D eigenvalue weighted by Crippen LogP contribution is -2.20. The molecule has 0 aliphatic heterocycles. The third-order valence-corrected chi connectivity index (χ3v) is 1.76. The number of carbonyl (C=O) groups is 1. The number of hydrogen-bond acceptors (Lipinski definition) is 4. The van der Waals surface area contributed by atoms with Crippen LogP contribution < -0.4 is 4.74 Å². The average molecular weight is 271 g/mol. The van der Waals surface area contributed by atoms with Crippen LogP contribution in [-0.4, -0.2) is 24.4 Å². The van der Waals surface area contributed by atoms with Crippen LogP contribution in [0.4, 0.5) is 22.0 Å². The molecule has 4 nitrogen and oxygen atoms in total. The normalized spacial score (nSPS) is 11.2. The molecule has 1 aromatic rings. The van der Waals surface area contributed by atoms with Gasteiger partial charge >= 0.3 is 12.3 Å². The molecule has 0 aliphatic rings. The van der Waals surface area contributed by atoms with Crippen LogP contribution in [0.1, 0.15) is 16.1 Å². The molecule has 0 amide bonds. The van der Waals surface area contributed by atoms with E-state index in [-0.39, 0.29) is 0 Å². The second-order valence-corrected chi connectivity index (χ2v) is 2.96. The molecular formula is C9H6F5NO3. The SMILES string of the molecule is COC(=O)c1nc(OC(F)(F)F)c(F)cc1CF. The van der Waals surface area contributed by atoms with Crippen molar-refractivity contribution in [1.29, 1.82) is 0 Å². The fourth-order valence-electron chi connectivity index (χ4n) is 1.07. The molecule has 0 unspecified atom stereocenters. The smallest absolute Gasteiger partial charge is 0.464 e. The summed E-state index contributed by atoms with van der Waals surface area (Å²) in [6.07, 6.45) is -5.18. The predicted octanol–water partition coefficient (Wildman–Crippen LogP) is 2.38. The zero-order valence-electron chi connectivity index (χ0n) is 8.85. The number of esters is 1. The maximum absolute atomic E-state index is 13.1. The highest BCUT2D eigenvalue weighted by atomic mass is 19.4. The Balaban J connectivity index is 3.25. The standard InChI is InChI=1S/C9H6F5NO3/c1-17-8(16)6-4(3-10)2-5(11)7(15-6)18-9(12,13)14/h2H,3H2,1H3. The van der Waals surface area contributed by atoms with Crippen LogP contribution in [0.25, 0.3) is 0 Å². The van der Waals surface area contributed by atoms with E-state index in [4.69, 9.17) is 0 Å². The largest absolute Gasteiger partial charge is 0.574 e. The second kappa shape index (κ2) is 5.15. The number of aromatic nitrogens is 1. The van der Waals surface area contributed by atoms with E-state index < -0.39 is 42.0 Å². The average Bonchev–Trinajstić information content (AvgIpc) is 2.28. The molecule has 0 aliphatic carbocycles. The Bertz CT molecular complexity index is 460. The molecule has 0 saturated heterocycles. The number of pyridine rings is 1. The Hall–Kier alpha value is -1.93. The van der Waals surface area contributed by atoms with Crippen molar-refractivity contribution in [3.05, 3.63) is 23.1 Å². The van der Waals surface area contributed by atoms with Crippen molar-refractivity contribution in [2.24, 2.45) is 0 Å². The van der Waals surface area contributed by atoms with Gasteiger partial charge in [-0.3, -0.25) is 0 Å². The van der Waals surface area contributed by atoms with Gasteiger partial charge in [-0.2, -0.15) is 0 Å². The number of alkyl halides is 4. The first-order valence-corrected chi connectivity index (χ1v) is 4.38. The van der Waals surface area contributed by atoms with E-state index in [9.17, 15) is 26.7 Å². The lowest BCUT2D eigenvalue weighted by Gasteiger charge is -2.11. The number of carbonyl (C=O) groups excluding carboxylic acids is 1. The Morgan fingerprint density at radius 3 is 2.50 bits per heavy atom. The van der Waals surface area contributed by atoms with E-state index >= 15 is 0 Å². The van der Waals surface area contributed by atoms with Crippen LogP contribution in [0.15, 0.2) is 6.07 Å². The van der Waals surface area contributed by atoms with Crippen LogP contribution in [0, 0.1) is 5.82 Å². The zero-order valence-corrected chi connectivity index (χ0v) is 8.85. The van der Waals surface area contributed by atoms with Crippen LogP contribution in [0.5, 0.6) is 5.88 Å². The van der Waals surface area contributed by atoms with Gasteiger partial charge in [0.1, 0.15) is 6.67 Å². The van der Waals surface area contributed by atoms with E-state index in [0.29, 0.717) is 6.07 Å². The topological polar surface area (TPSA) is 48.4 Å². The lowest BCUT2D eigenvalue weighted by molar-refractivity contribution is -0.277. The van der Waals surface area contributed by atoms with Gasteiger partial charge in [0.15, 0.2) is 11.5 Å². The maximum Gasteiger partial charge on any atom is 0.574 e. The molecular weight excluding hydrogens is 265 g/mol. The fourth-order valence-corrected chi connectivity index (χ4v) is 1.07. The van der Waals surface area contributed by atoms with Crippen molar-refractivity contribution in [1.82, 2.24) is 4.98 Å². The Morgan fingerprint density at radius 1 is 1.44 bits per heavy atom. The van der Waals surface area contributed by atoms with Crippen molar-refractivity contribution >= 4 is 5.97 Å². The summed E-state index contributed by atoms with van der Waals surface area (Å²) in [5.41, 5.74) is -1.31. The molecule has 1 rings (SSSR count). The molecule has 0 saturated carbocycles. The molecule has 1 heterocycles. The summed E-state index contributed by atoms with van der Waals surface area (Å²) in [5, 5.41) is 0.